The van der Waals surface area contributed by atoms with Gasteiger partial charge in [-0.05, 0) is 60.9 Å². The number of carbonyl (C=O) groups is 1. The minimum Gasteiger partial charge on any atom is -0.322 e. The molecule has 0 fully saturated rings. The van der Waals surface area contributed by atoms with Crippen LogP contribution in [0.1, 0.15) is 35.7 Å². The molecule has 0 radical (unpaired) electrons. The topological polar surface area (TPSA) is 54.0 Å². The van der Waals surface area contributed by atoms with Crippen molar-refractivity contribution >= 4 is 6.03 Å². The van der Waals surface area contributed by atoms with E-state index >= 15 is 0 Å². The molecule has 0 aliphatic heterocycles. The number of allylic oxidation sites excluding steroid dienone is 3. The predicted octanol–water partition coefficient (Wildman–Crippen LogP) is 6.03. The van der Waals surface area contributed by atoms with Gasteiger partial charge in [0.2, 0.25) is 0 Å². The first-order valence-electron chi connectivity index (χ1n) is 11.3. The maximum atomic E-state index is 14.5. The number of aryl methyl sites for hydroxylation is 1. The highest BCUT2D eigenvalue weighted by atomic mass is 19.1. The minimum atomic E-state index is -1.59. The van der Waals surface area contributed by atoms with E-state index in [9.17, 15) is 18.0 Å². The van der Waals surface area contributed by atoms with Crippen LogP contribution in [-0.4, -0.2) is 16.7 Å². The number of carbonyl (C=O) groups excluding carboxylic acids is 1. The number of alkyl halides is 1. The Labute approximate surface area is 202 Å². The van der Waals surface area contributed by atoms with Gasteiger partial charge in [0.1, 0.15) is 22.8 Å². The van der Waals surface area contributed by atoms with E-state index in [1.807, 2.05) is 43.3 Å². The van der Waals surface area contributed by atoms with Gasteiger partial charge < -0.3 is 10.6 Å². The molecule has 1 aliphatic rings. The molecule has 0 spiro atoms. The summed E-state index contributed by atoms with van der Waals surface area (Å²) in [6.45, 7) is 3.29. The Hall–Kier alpha value is -3.87. The maximum absolute atomic E-state index is 14.5. The number of aromatic nitrogens is 1. The quantitative estimate of drug-likeness (QED) is 0.456. The van der Waals surface area contributed by atoms with Crippen molar-refractivity contribution < 1.29 is 18.0 Å². The number of amides is 2. The van der Waals surface area contributed by atoms with Gasteiger partial charge in [-0.15, -0.1) is 0 Å². The summed E-state index contributed by atoms with van der Waals surface area (Å²) in [5, 5.41) is 5.58. The van der Waals surface area contributed by atoms with Gasteiger partial charge in [0, 0.05) is 30.8 Å². The summed E-state index contributed by atoms with van der Waals surface area (Å²) in [6, 6.07) is 15.3. The van der Waals surface area contributed by atoms with Crippen molar-refractivity contribution in [2.45, 2.75) is 37.9 Å². The highest BCUT2D eigenvalue weighted by Gasteiger charge is 2.39. The molecule has 1 heterocycles. The van der Waals surface area contributed by atoms with Crippen LogP contribution in [0.5, 0.6) is 0 Å². The molecular weight excluding hydrogens is 451 g/mol. The Morgan fingerprint density at radius 3 is 2.43 bits per heavy atom. The number of hydrogen-bond acceptors (Lipinski definition) is 2. The summed E-state index contributed by atoms with van der Waals surface area (Å²) < 4.78 is 43.3. The summed E-state index contributed by atoms with van der Waals surface area (Å²) in [5.41, 5.74) is -0.452. The molecule has 2 atom stereocenters. The van der Waals surface area contributed by atoms with Crippen molar-refractivity contribution in [3.63, 3.8) is 0 Å². The van der Waals surface area contributed by atoms with Gasteiger partial charge >= 0.3 is 6.03 Å². The number of urea groups is 1. The van der Waals surface area contributed by atoms with Crippen molar-refractivity contribution in [2.75, 3.05) is 0 Å². The average molecular weight is 478 g/mol. The molecule has 0 saturated carbocycles. The number of halogens is 3. The molecule has 4 rings (SSSR count). The molecule has 2 unspecified atom stereocenters. The number of hydrogen-bond donors (Lipinski definition) is 2. The Bertz CT molecular complexity index is 1250. The van der Waals surface area contributed by atoms with Crippen LogP contribution >= 0.6 is 0 Å². The Kier molecular flexibility index (Phi) is 6.78. The van der Waals surface area contributed by atoms with Gasteiger partial charge in [-0.3, -0.25) is 4.98 Å². The SMILES string of the molecule is Cc1ccc(C(Cc2ccccc2)(NC(=O)NC2=CC(C)(F)CC=C2)c2cc(F)cc(F)c2)nc1. The fraction of sp³-hybridized carbons (Fsp3) is 0.214. The second-order valence-corrected chi connectivity index (χ2v) is 9.01. The summed E-state index contributed by atoms with van der Waals surface area (Å²) in [4.78, 5) is 17.8. The zero-order valence-electron chi connectivity index (χ0n) is 19.5. The molecule has 7 heteroatoms. The first-order valence-corrected chi connectivity index (χ1v) is 11.3. The lowest BCUT2D eigenvalue weighted by Crippen LogP contribution is -2.52. The zero-order chi connectivity index (χ0) is 25.1. The van der Waals surface area contributed by atoms with Gasteiger partial charge in [-0.1, -0.05) is 42.5 Å². The molecule has 1 aliphatic carbocycles. The van der Waals surface area contributed by atoms with E-state index in [-0.39, 0.29) is 24.1 Å². The van der Waals surface area contributed by atoms with E-state index in [1.54, 1.807) is 24.4 Å². The molecule has 4 nitrogen and oxygen atoms in total. The number of pyridine rings is 1. The van der Waals surface area contributed by atoms with Gasteiger partial charge in [0.15, 0.2) is 0 Å². The summed E-state index contributed by atoms with van der Waals surface area (Å²) in [7, 11) is 0. The fourth-order valence-electron chi connectivity index (χ4n) is 4.22. The molecular formula is C28H26F3N3O. The van der Waals surface area contributed by atoms with Gasteiger partial charge in [0.25, 0.3) is 0 Å². The first-order chi connectivity index (χ1) is 16.6. The number of nitrogens with one attached hydrogen (secondary N) is 2. The molecule has 2 N–H and O–H groups in total. The average Bonchev–Trinajstić information content (AvgIpc) is 2.78. The van der Waals surface area contributed by atoms with Crippen LogP contribution in [0.2, 0.25) is 0 Å². The number of nitrogens with zero attached hydrogens (tertiary/aromatic N) is 1. The van der Waals surface area contributed by atoms with Crippen LogP contribution in [0, 0.1) is 18.6 Å². The smallest absolute Gasteiger partial charge is 0.320 e. The third-order valence-electron chi connectivity index (χ3n) is 5.87. The molecule has 0 saturated heterocycles. The minimum absolute atomic E-state index is 0.163. The molecule has 35 heavy (non-hydrogen) atoms. The summed E-state index contributed by atoms with van der Waals surface area (Å²) in [6.07, 6.45) is 6.58. The Morgan fingerprint density at radius 2 is 1.80 bits per heavy atom. The summed E-state index contributed by atoms with van der Waals surface area (Å²) >= 11 is 0. The zero-order valence-corrected chi connectivity index (χ0v) is 19.5. The van der Waals surface area contributed by atoms with E-state index in [1.165, 1.54) is 25.1 Å². The maximum Gasteiger partial charge on any atom is 0.320 e. The molecule has 3 aromatic rings. The lowest BCUT2D eigenvalue weighted by Gasteiger charge is -2.35. The van der Waals surface area contributed by atoms with Crippen LogP contribution in [0.4, 0.5) is 18.0 Å². The van der Waals surface area contributed by atoms with E-state index in [2.05, 4.69) is 15.6 Å². The Morgan fingerprint density at radius 1 is 1.09 bits per heavy atom. The van der Waals surface area contributed by atoms with Crippen LogP contribution in [0.15, 0.2) is 90.8 Å². The molecule has 1 aromatic heterocycles. The van der Waals surface area contributed by atoms with E-state index in [0.29, 0.717) is 5.69 Å². The van der Waals surface area contributed by atoms with Crippen LogP contribution in [0.25, 0.3) is 0 Å². The van der Waals surface area contributed by atoms with Crippen molar-refractivity contribution in [1.29, 1.82) is 0 Å². The third-order valence-corrected chi connectivity index (χ3v) is 5.87. The second-order valence-electron chi connectivity index (χ2n) is 9.01. The van der Waals surface area contributed by atoms with Crippen molar-refractivity contribution in [3.8, 4) is 0 Å². The van der Waals surface area contributed by atoms with Crippen molar-refractivity contribution in [2.24, 2.45) is 0 Å². The van der Waals surface area contributed by atoms with Gasteiger partial charge in [0.05, 0.1) is 5.69 Å². The second kappa shape index (κ2) is 9.78. The number of rotatable bonds is 6. The van der Waals surface area contributed by atoms with Crippen LogP contribution in [-0.2, 0) is 12.0 Å². The van der Waals surface area contributed by atoms with Crippen molar-refractivity contribution in [3.05, 3.63) is 125 Å². The van der Waals surface area contributed by atoms with Gasteiger partial charge in [-0.25, -0.2) is 18.0 Å². The van der Waals surface area contributed by atoms with E-state index in [0.717, 1.165) is 17.2 Å². The largest absolute Gasteiger partial charge is 0.322 e. The normalized spacial score (nSPS) is 18.9. The summed E-state index contributed by atoms with van der Waals surface area (Å²) in [5.74, 6) is -1.56. The van der Waals surface area contributed by atoms with Crippen molar-refractivity contribution in [1.82, 2.24) is 15.6 Å². The molecule has 2 aromatic carbocycles. The predicted molar refractivity (Wildman–Crippen MR) is 129 cm³/mol. The van der Waals surface area contributed by atoms with E-state index in [4.69, 9.17) is 0 Å². The lowest BCUT2D eigenvalue weighted by atomic mass is 9.80. The number of benzene rings is 2. The standard InChI is InChI=1S/C28H26F3N3O/c1-19-10-11-25(32-18-19)28(16-20-7-4-3-5-8-20,21-13-22(29)15-23(30)14-21)34-26(35)33-24-9-6-12-27(2,31)17-24/h3-11,13-15,17-18H,12,16H2,1-2H3,(H2,33,34,35). The third kappa shape index (κ3) is 5.80. The van der Waals surface area contributed by atoms with Crippen LogP contribution in [0.3, 0.4) is 0 Å². The van der Waals surface area contributed by atoms with Crippen LogP contribution < -0.4 is 10.6 Å². The Balaban J connectivity index is 1.83. The highest BCUT2D eigenvalue weighted by molar-refractivity contribution is 5.78. The molecule has 2 amide bonds. The van der Waals surface area contributed by atoms with E-state index < -0.39 is 28.9 Å². The fourth-order valence-corrected chi connectivity index (χ4v) is 4.22. The lowest BCUT2D eigenvalue weighted by molar-refractivity contribution is 0.230. The highest BCUT2D eigenvalue weighted by Crippen LogP contribution is 2.34. The first kappa shape index (κ1) is 24.3. The molecule has 180 valence electrons. The monoisotopic (exact) mass is 477 g/mol. The molecule has 0 bridgehead atoms. The van der Waals surface area contributed by atoms with Gasteiger partial charge in [-0.2, -0.15) is 0 Å².